The lowest BCUT2D eigenvalue weighted by atomic mass is 9.93. The van der Waals surface area contributed by atoms with Crippen LogP contribution < -0.4 is 14.4 Å². The van der Waals surface area contributed by atoms with Crippen LogP contribution in [0.5, 0.6) is 17.2 Å². The summed E-state index contributed by atoms with van der Waals surface area (Å²) in [6.45, 7) is 9.82. The Balaban J connectivity index is 2.10. The Labute approximate surface area is 219 Å². The summed E-state index contributed by atoms with van der Waals surface area (Å²) in [7, 11) is 4.05. The number of phenols is 1. The third-order valence-electron chi connectivity index (χ3n) is 6.25. The summed E-state index contributed by atoms with van der Waals surface area (Å²) in [4.78, 5) is 29.3. The minimum Gasteiger partial charge on any atom is -0.507 e. The van der Waals surface area contributed by atoms with Gasteiger partial charge in [-0.3, -0.25) is 9.59 Å². The molecule has 1 amide bonds. The van der Waals surface area contributed by atoms with Gasteiger partial charge in [-0.05, 0) is 61.2 Å². The molecule has 1 aliphatic heterocycles. The lowest BCUT2D eigenvalue weighted by Gasteiger charge is -2.26. The van der Waals surface area contributed by atoms with E-state index in [2.05, 4.69) is 13.8 Å². The quantitative estimate of drug-likeness (QED) is 0.244. The number of aromatic hydroxyl groups is 1. The summed E-state index contributed by atoms with van der Waals surface area (Å²) in [5, 5.41) is 21.7. The first-order chi connectivity index (χ1) is 17.5. The predicted molar refractivity (Wildman–Crippen MR) is 142 cm³/mol. The molecule has 0 aliphatic carbocycles. The third-order valence-corrected chi connectivity index (χ3v) is 6.25. The number of amides is 1. The third kappa shape index (κ3) is 6.43. The van der Waals surface area contributed by atoms with Crippen LogP contribution in [0.3, 0.4) is 0 Å². The summed E-state index contributed by atoms with van der Waals surface area (Å²) in [5.74, 6) is -0.358. The molecule has 0 saturated carbocycles. The van der Waals surface area contributed by atoms with Crippen LogP contribution in [0, 0.1) is 12.8 Å². The number of quaternary nitrogens is 1. The molecule has 0 bridgehead atoms. The van der Waals surface area contributed by atoms with Gasteiger partial charge in [-0.2, -0.15) is 0 Å². The Morgan fingerprint density at radius 2 is 1.84 bits per heavy atom. The molecule has 200 valence electrons. The lowest BCUT2D eigenvalue weighted by molar-refractivity contribution is -0.858. The molecular weight excluding hydrogens is 472 g/mol. The van der Waals surface area contributed by atoms with Crippen molar-refractivity contribution in [1.82, 2.24) is 4.90 Å². The average molecular weight is 512 g/mol. The van der Waals surface area contributed by atoms with Gasteiger partial charge < -0.3 is 29.5 Å². The topological polar surface area (TPSA) is 101 Å². The molecule has 8 nitrogen and oxygen atoms in total. The number of nitrogens with one attached hydrogen (secondary N) is 1. The maximum Gasteiger partial charge on any atom is 0.295 e. The van der Waals surface area contributed by atoms with Gasteiger partial charge in [0, 0.05) is 18.5 Å². The fourth-order valence-corrected chi connectivity index (χ4v) is 4.43. The Bertz CT molecular complexity index is 1170. The number of carbonyl (C=O) groups excluding carboxylic acids is 2. The Morgan fingerprint density at radius 1 is 1.11 bits per heavy atom. The molecule has 2 aromatic rings. The molecule has 3 rings (SSSR count). The number of hydrogen-bond donors (Lipinski definition) is 3. The summed E-state index contributed by atoms with van der Waals surface area (Å²) in [5.41, 5.74) is 1.78. The van der Waals surface area contributed by atoms with Crippen LogP contribution >= 0.6 is 0 Å². The minimum absolute atomic E-state index is 0.0225. The number of phenolic OH excluding ortho intramolecular Hbond substituents is 1. The second kappa shape index (κ2) is 12.1. The number of carbonyl (C=O) groups is 2. The van der Waals surface area contributed by atoms with Crippen LogP contribution in [-0.4, -0.2) is 67.2 Å². The van der Waals surface area contributed by atoms with Gasteiger partial charge in [0.05, 0.1) is 45.5 Å². The summed E-state index contributed by atoms with van der Waals surface area (Å²) < 4.78 is 11.4. The minimum atomic E-state index is -0.812. The van der Waals surface area contributed by atoms with E-state index < -0.39 is 17.7 Å². The second-order valence-electron chi connectivity index (χ2n) is 10.1. The van der Waals surface area contributed by atoms with Crippen molar-refractivity contribution in [2.24, 2.45) is 5.92 Å². The van der Waals surface area contributed by atoms with Gasteiger partial charge in [0.2, 0.25) is 0 Å². The van der Waals surface area contributed by atoms with E-state index in [1.54, 1.807) is 31.2 Å². The van der Waals surface area contributed by atoms with Crippen LogP contribution in [0.25, 0.3) is 5.76 Å². The van der Waals surface area contributed by atoms with Crippen molar-refractivity contribution in [3.05, 3.63) is 58.7 Å². The van der Waals surface area contributed by atoms with Gasteiger partial charge in [0.15, 0.2) is 11.5 Å². The zero-order chi connectivity index (χ0) is 27.3. The average Bonchev–Trinajstić information content (AvgIpc) is 3.09. The van der Waals surface area contributed by atoms with Crippen molar-refractivity contribution in [2.75, 3.05) is 40.4 Å². The number of ether oxygens (including phenoxy) is 2. The van der Waals surface area contributed by atoms with E-state index in [1.165, 1.54) is 15.9 Å². The number of hydrogen-bond acceptors (Lipinski definition) is 6. The Hall–Kier alpha value is -3.52. The van der Waals surface area contributed by atoms with Gasteiger partial charge in [0.25, 0.3) is 11.7 Å². The number of aryl methyl sites for hydroxylation is 1. The van der Waals surface area contributed by atoms with E-state index >= 15 is 0 Å². The van der Waals surface area contributed by atoms with Gasteiger partial charge in [0.1, 0.15) is 11.5 Å². The zero-order valence-corrected chi connectivity index (χ0v) is 22.6. The molecule has 1 atom stereocenters. The number of Topliss-reactive ketones (excluding diaryl/α,β-unsaturated/α-hetero) is 1. The largest absolute Gasteiger partial charge is 0.507 e. The molecule has 0 aromatic heterocycles. The van der Waals surface area contributed by atoms with Crippen molar-refractivity contribution in [2.45, 2.75) is 40.2 Å². The molecule has 1 fully saturated rings. The maximum absolute atomic E-state index is 13.3. The Morgan fingerprint density at radius 3 is 2.46 bits per heavy atom. The zero-order valence-electron chi connectivity index (χ0n) is 22.6. The first kappa shape index (κ1) is 28.1. The summed E-state index contributed by atoms with van der Waals surface area (Å²) >= 11 is 0. The highest BCUT2D eigenvalue weighted by Crippen LogP contribution is 2.42. The molecule has 1 aliphatic rings. The molecular formula is C29H39N2O6+. The highest BCUT2D eigenvalue weighted by atomic mass is 16.5. The van der Waals surface area contributed by atoms with Crippen molar-refractivity contribution in [1.29, 1.82) is 0 Å². The van der Waals surface area contributed by atoms with E-state index in [-0.39, 0.29) is 22.8 Å². The molecule has 0 spiro atoms. The van der Waals surface area contributed by atoms with Crippen molar-refractivity contribution < 1.29 is 34.2 Å². The monoisotopic (exact) mass is 511 g/mol. The number of aliphatic hydroxyl groups excluding tert-OH is 1. The van der Waals surface area contributed by atoms with Crippen LogP contribution in [0.4, 0.5) is 0 Å². The molecule has 3 N–H and O–H groups in total. The molecule has 37 heavy (non-hydrogen) atoms. The van der Waals surface area contributed by atoms with Crippen LogP contribution in [0.2, 0.25) is 0 Å². The fraction of sp³-hybridized carbons (Fsp3) is 0.448. The maximum atomic E-state index is 13.3. The number of nitrogens with zero attached hydrogens (tertiary/aromatic N) is 1. The highest BCUT2D eigenvalue weighted by molar-refractivity contribution is 6.46. The lowest BCUT2D eigenvalue weighted by Crippen LogP contribution is -3.05. The van der Waals surface area contributed by atoms with Gasteiger partial charge in [-0.25, -0.2) is 0 Å². The number of ketones is 1. The molecule has 8 heteroatoms. The van der Waals surface area contributed by atoms with E-state index in [9.17, 15) is 19.8 Å². The van der Waals surface area contributed by atoms with Crippen LogP contribution in [0.1, 0.15) is 49.9 Å². The highest BCUT2D eigenvalue weighted by Gasteiger charge is 2.46. The molecule has 0 unspecified atom stereocenters. The first-order valence-electron chi connectivity index (χ1n) is 12.8. The van der Waals surface area contributed by atoms with E-state index in [4.69, 9.17) is 9.47 Å². The molecule has 1 saturated heterocycles. The van der Waals surface area contributed by atoms with Crippen LogP contribution in [0.15, 0.2) is 42.0 Å². The number of likely N-dealkylation sites (tertiary alicyclic amines) is 1. The van der Waals surface area contributed by atoms with E-state index in [0.717, 1.165) is 12.1 Å². The number of rotatable bonds is 11. The molecule has 0 radical (unpaired) electrons. The van der Waals surface area contributed by atoms with Gasteiger partial charge >= 0.3 is 0 Å². The standard InChI is InChI=1S/C29H38N2O6/c1-7-36-24-16-20(9-12-23(24)32)26-25(28(34)29(35)31(26)14-8-13-30(5)6)27(33)22-11-10-21(15-19(22)4)37-17-18(2)3/h9-12,15-16,18,26,32-33H,7-8,13-14,17H2,1-6H3/p+1/t26-/m1/s1. The van der Waals surface area contributed by atoms with Crippen molar-refractivity contribution in [3.63, 3.8) is 0 Å². The SMILES string of the molecule is CCOc1cc([C@@H]2C(=C(O)c3ccc(OCC(C)C)cc3C)C(=O)C(=O)N2CCC[NH+](C)C)ccc1O. The van der Waals surface area contributed by atoms with E-state index in [0.29, 0.717) is 49.0 Å². The fourth-order valence-electron chi connectivity index (χ4n) is 4.43. The van der Waals surface area contributed by atoms with E-state index in [1.807, 2.05) is 27.1 Å². The molecule has 1 heterocycles. The van der Waals surface area contributed by atoms with Crippen LogP contribution in [-0.2, 0) is 9.59 Å². The van der Waals surface area contributed by atoms with Crippen molar-refractivity contribution in [3.8, 4) is 17.2 Å². The Kier molecular flexibility index (Phi) is 9.21. The number of benzene rings is 2. The van der Waals surface area contributed by atoms with Gasteiger partial charge in [-0.15, -0.1) is 0 Å². The summed E-state index contributed by atoms with van der Waals surface area (Å²) in [6.07, 6.45) is 0.684. The predicted octanol–water partition coefficient (Wildman–Crippen LogP) is 3.09. The first-order valence-corrected chi connectivity index (χ1v) is 12.8. The summed E-state index contributed by atoms with van der Waals surface area (Å²) in [6, 6.07) is 9.23. The number of aliphatic hydroxyl groups is 1. The normalized spacial score (nSPS) is 17.2. The van der Waals surface area contributed by atoms with Gasteiger partial charge in [-0.1, -0.05) is 19.9 Å². The molecule has 2 aromatic carbocycles. The smallest absolute Gasteiger partial charge is 0.295 e. The van der Waals surface area contributed by atoms with Crippen molar-refractivity contribution >= 4 is 17.4 Å². The second-order valence-corrected chi connectivity index (χ2v) is 10.1.